The average molecular weight is 342 g/mol. The second kappa shape index (κ2) is 5.74. The standard InChI is InChI=1S/C17H16BrN3/c1-12-6-8-13(9-7-12)10-21-11-16(19)17(20-21)14-4-2-3-5-15(14)18/h2-9,11H,10,19H2,1H3. The van der Waals surface area contributed by atoms with Crippen LogP contribution >= 0.6 is 15.9 Å². The van der Waals surface area contributed by atoms with E-state index in [4.69, 9.17) is 5.73 Å². The van der Waals surface area contributed by atoms with Gasteiger partial charge >= 0.3 is 0 Å². The van der Waals surface area contributed by atoms with Gasteiger partial charge in [0, 0.05) is 16.2 Å². The minimum atomic E-state index is 0.689. The zero-order valence-electron chi connectivity index (χ0n) is 11.8. The first-order chi connectivity index (χ1) is 10.1. The Kier molecular flexibility index (Phi) is 3.80. The van der Waals surface area contributed by atoms with Gasteiger partial charge in [-0.25, -0.2) is 0 Å². The zero-order chi connectivity index (χ0) is 14.8. The lowest BCUT2D eigenvalue weighted by atomic mass is 10.1. The first-order valence-electron chi connectivity index (χ1n) is 6.77. The molecule has 2 aromatic carbocycles. The van der Waals surface area contributed by atoms with Crippen molar-refractivity contribution in [1.29, 1.82) is 0 Å². The van der Waals surface area contributed by atoms with Crippen molar-refractivity contribution in [2.45, 2.75) is 13.5 Å². The van der Waals surface area contributed by atoms with E-state index in [1.165, 1.54) is 11.1 Å². The monoisotopic (exact) mass is 341 g/mol. The van der Waals surface area contributed by atoms with Gasteiger partial charge in [-0.3, -0.25) is 4.68 Å². The Hall–Kier alpha value is -2.07. The van der Waals surface area contributed by atoms with E-state index in [2.05, 4.69) is 52.2 Å². The molecular weight excluding hydrogens is 326 g/mol. The van der Waals surface area contributed by atoms with Crippen LogP contribution in [0.2, 0.25) is 0 Å². The van der Waals surface area contributed by atoms with Crippen LogP contribution in [0.25, 0.3) is 11.3 Å². The average Bonchev–Trinajstić information content (AvgIpc) is 2.83. The number of benzene rings is 2. The summed E-state index contributed by atoms with van der Waals surface area (Å²) >= 11 is 3.55. The fourth-order valence-corrected chi connectivity index (χ4v) is 2.73. The first kappa shape index (κ1) is 13.9. The quantitative estimate of drug-likeness (QED) is 0.773. The molecule has 106 valence electrons. The van der Waals surface area contributed by atoms with E-state index in [0.29, 0.717) is 5.69 Å². The summed E-state index contributed by atoms with van der Waals surface area (Å²) in [6.07, 6.45) is 1.88. The van der Waals surface area contributed by atoms with Crippen LogP contribution in [0, 0.1) is 6.92 Å². The third-order valence-corrected chi connectivity index (χ3v) is 4.08. The molecule has 4 heteroatoms. The molecule has 0 aliphatic heterocycles. The lowest BCUT2D eigenvalue weighted by molar-refractivity contribution is 0.689. The van der Waals surface area contributed by atoms with Gasteiger partial charge in [0.15, 0.2) is 0 Å². The lowest BCUT2D eigenvalue weighted by Crippen LogP contribution is -2.00. The number of halogens is 1. The Bertz CT molecular complexity index is 760. The fourth-order valence-electron chi connectivity index (χ4n) is 2.26. The van der Waals surface area contributed by atoms with E-state index < -0.39 is 0 Å². The van der Waals surface area contributed by atoms with Crippen molar-refractivity contribution in [2.24, 2.45) is 0 Å². The molecule has 0 fully saturated rings. The Labute approximate surface area is 132 Å². The lowest BCUT2D eigenvalue weighted by Gasteiger charge is -2.03. The van der Waals surface area contributed by atoms with Gasteiger partial charge in [-0.05, 0) is 18.6 Å². The summed E-state index contributed by atoms with van der Waals surface area (Å²) in [5.74, 6) is 0. The molecule has 0 atom stereocenters. The van der Waals surface area contributed by atoms with Gasteiger partial charge in [0.2, 0.25) is 0 Å². The highest BCUT2D eigenvalue weighted by molar-refractivity contribution is 9.10. The maximum Gasteiger partial charge on any atom is 0.116 e. The number of nitrogen functional groups attached to an aromatic ring is 1. The molecule has 0 saturated heterocycles. The molecule has 21 heavy (non-hydrogen) atoms. The number of aryl methyl sites for hydroxylation is 1. The highest BCUT2D eigenvalue weighted by Crippen LogP contribution is 2.30. The maximum absolute atomic E-state index is 6.12. The highest BCUT2D eigenvalue weighted by atomic mass is 79.9. The Morgan fingerprint density at radius 3 is 2.52 bits per heavy atom. The first-order valence-corrected chi connectivity index (χ1v) is 7.56. The molecule has 0 bridgehead atoms. The third-order valence-electron chi connectivity index (χ3n) is 3.38. The minimum absolute atomic E-state index is 0.689. The summed E-state index contributed by atoms with van der Waals surface area (Å²) < 4.78 is 2.88. The van der Waals surface area contributed by atoms with E-state index in [9.17, 15) is 0 Å². The van der Waals surface area contributed by atoms with E-state index >= 15 is 0 Å². The smallest absolute Gasteiger partial charge is 0.116 e. The van der Waals surface area contributed by atoms with Gasteiger partial charge in [0.1, 0.15) is 5.69 Å². The number of rotatable bonds is 3. The van der Waals surface area contributed by atoms with Crippen LogP contribution in [0.3, 0.4) is 0 Å². The minimum Gasteiger partial charge on any atom is -0.396 e. The van der Waals surface area contributed by atoms with Crippen LogP contribution in [-0.2, 0) is 6.54 Å². The van der Waals surface area contributed by atoms with Crippen molar-refractivity contribution >= 4 is 21.6 Å². The normalized spacial score (nSPS) is 10.8. The largest absolute Gasteiger partial charge is 0.396 e. The number of nitrogens with two attached hydrogens (primary N) is 1. The van der Waals surface area contributed by atoms with Gasteiger partial charge in [-0.2, -0.15) is 5.10 Å². The number of hydrogen-bond acceptors (Lipinski definition) is 2. The van der Waals surface area contributed by atoms with Gasteiger partial charge < -0.3 is 5.73 Å². The summed E-state index contributed by atoms with van der Waals surface area (Å²) in [6.45, 7) is 2.80. The van der Waals surface area contributed by atoms with Crippen molar-refractivity contribution in [2.75, 3.05) is 5.73 Å². The predicted molar refractivity (Wildman–Crippen MR) is 90.1 cm³/mol. The molecule has 0 saturated carbocycles. The maximum atomic E-state index is 6.12. The van der Waals surface area contributed by atoms with Crippen LogP contribution < -0.4 is 5.73 Å². The summed E-state index contributed by atoms with van der Waals surface area (Å²) in [5.41, 5.74) is 11.1. The highest BCUT2D eigenvalue weighted by Gasteiger charge is 2.11. The molecule has 2 N–H and O–H groups in total. The summed E-state index contributed by atoms with van der Waals surface area (Å²) in [5, 5.41) is 4.62. The fraction of sp³-hybridized carbons (Fsp3) is 0.118. The Morgan fingerprint density at radius 2 is 1.81 bits per heavy atom. The molecule has 3 rings (SSSR count). The molecule has 3 aromatic rings. The van der Waals surface area contributed by atoms with Crippen molar-refractivity contribution in [3.8, 4) is 11.3 Å². The van der Waals surface area contributed by atoms with Crippen molar-refractivity contribution in [3.05, 3.63) is 70.3 Å². The van der Waals surface area contributed by atoms with E-state index in [1.807, 2.05) is 35.1 Å². The Balaban J connectivity index is 1.91. The summed E-state index contributed by atoms with van der Waals surface area (Å²) in [7, 11) is 0. The topological polar surface area (TPSA) is 43.8 Å². The van der Waals surface area contributed by atoms with E-state index in [-0.39, 0.29) is 0 Å². The zero-order valence-corrected chi connectivity index (χ0v) is 13.3. The van der Waals surface area contributed by atoms with E-state index in [1.54, 1.807) is 0 Å². The van der Waals surface area contributed by atoms with Crippen LogP contribution in [0.5, 0.6) is 0 Å². The molecule has 1 aromatic heterocycles. The molecule has 0 amide bonds. The van der Waals surface area contributed by atoms with Gasteiger partial charge in [-0.15, -0.1) is 0 Å². The molecule has 0 radical (unpaired) electrons. The summed E-state index contributed by atoms with van der Waals surface area (Å²) in [6, 6.07) is 16.4. The van der Waals surface area contributed by atoms with Gasteiger partial charge in [0.25, 0.3) is 0 Å². The molecule has 0 aliphatic carbocycles. The molecule has 3 nitrogen and oxygen atoms in total. The molecule has 1 heterocycles. The number of aromatic nitrogens is 2. The van der Waals surface area contributed by atoms with Crippen molar-refractivity contribution < 1.29 is 0 Å². The van der Waals surface area contributed by atoms with E-state index in [0.717, 1.165) is 22.3 Å². The molecule has 0 unspecified atom stereocenters. The molecule has 0 spiro atoms. The molecular formula is C17H16BrN3. The second-order valence-corrected chi connectivity index (χ2v) is 5.95. The predicted octanol–water partition coefficient (Wildman–Crippen LogP) is 4.25. The van der Waals surface area contributed by atoms with Crippen molar-refractivity contribution in [3.63, 3.8) is 0 Å². The van der Waals surface area contributed by atoms with Gasteiger partial charge in [0.05, 0.1) is 12.2 Å². The number of nitrogens with zero attached hydrogens (tertiary/aromatic N) is 2. The SMILES string of the molecule is Cc1ccc(Cn2cc(N)c(-c3ccccc3Br)n2)cc1. The second-order valence-electron chi connectivity index (χ2n) is 5.10. The van der Waals surface area contributed by atoms with Crippen LogP contribution in [0.4, 0.5) is 5.69 Å². The molecule has 0 aliphatic rings. The Morgan fingerprint density at radius 1 is 1.10 bits per heavy atom. The number of anilines is 1. The van der Waals surface area contributed by atoms with Crippen molar-refractivity contribution in [1.82, 2.24) is 9.78 Å². The van der Waals surface area contributed by atoms with Crippen LogP contribution in [0.1, 0.15) is 11.1 Å². The van der Waals surface area contributed by atoms with Crippen LogP contribution in [-0.4, -0.2) is 9.78 Å². The van der Waals surface area contributed by atoms with Crippen LogP contribution in [0.15, 0.2) is 59.2 Å². The van der Waals surface area contributed by atoms with Gasteiger partial charge in [-0.1, -0.05) is 64.0 Å². The third kappa shape index (κ3) is 3.00. The number of hydrogen-bond donors (Lipinski definition) is 1. The summed E-state index contributed by atoms with van der Waals surface area (Å²) in [4.78, 5) is 0.